The van der Waals surface area contributed by atoms with Crippen molar-refractivity contribution in [2.24, 2.45) is 0 Å². The van der Waals surface area contributed by atoms with Crippen LogP contribution in [0.1, 0.15) is 12.8 Å². The Kier molecular flexibility index (Phi) is 5.13. The molecular weight excluding hydrogens is 297 g/mol. The van der Waals surface area contributed by atoms with Crippen molar-refractivity contribution in [1.82, 2.24) is 9.80 Å². The summed E-state index contributed by atoms with van der Waals surface area (Å²) in [5, 5.41) is 3.76. The molecule has 2 rings (SSSR count). The second-order valence-electron chi connectivity index (χ2n) is 5.20. The zero-order valence-corrected chi connectivity index (χ0v) is 13.2. The quantitative estimate of drug-likeness (QED) is 0.906. The molecule has 1 aliphatic rings. The minimum Gasteiger partial charge on any atom is -0.325 e. The minimum absolute atomic E-state index is 0.113. The van der Waals surface area contributed by atoms with E-state index in [0.717, 1.165) is 25.9 Å². The van der Waals surface area contributed by atoms with Crippen LogP contribution < -0.4 is 5.32 Å². The average molecular weight is 316 g/mol. The fourth-order valence-electron chi connectivity index (χ4n) is 2.33. The van der Waals surface area contributed by atoms with Crippen LogP contribution in [0.2, 0.25) is 10.0 Å². The lowest BCUT2D eigenvalue weighted by Crippen LogP contribution is -2.46. The summed E-state index contributed by atoms with van der Waals surface area (Å²) in [5.41, 5.74) is 0.657. The first-order chi connectivity index (χ1) is 9.47. The first kappa shape index (κ1) is 15.4. The monoisotopic (exact) mass is 315 g/mol. The first-order valence-corrected chi connectivity index (χ1v) is 7.40. The third-order valence-electron chi connectivity index (χ3n) is 3.73. The molecule has 1 aromatic rings. The van der Waals surface area contributed by atoms with Crippen molar-refractivity contribution in [3.63, 3.8) is 0 Å². The van der Waals surface area contributed by atoms with E-state index in [4.69, 9.17) is 23.2 Å². The maximum Gasteiger partial charge on any atom is 0.321 e. The molecule has 4 nitrogen and oxygen atoms in total. The number of urea groups is 1. The molecule has 6 heteroatoms. The van der Waals surface area contributed by atoms with Crippen LogP contribution in [0.25, 0.3) is 0 Å². The third-order valence-corrected chi connectivity index (χ3v) is 4.47. The Morgan fingerprint density at radius 3 is 2.55 bits per heavy atom. The van der Waals surface area contributed by atoms with Gasteiger partial charge in [0, 0.05) is 18.8 Å². The number of anilines is 1. The van der Waals surface area contributed by atoms with Gasteiger partial charge in [0.1, 0.15) is 0 Å². The lowest BCUT2D eigenvalue weighted by atomic mass is 10.0. The predicted octanol–water partition coefficient (Wildman–Crippen LogP) is 3.55. The number of nitrogens with one attached hydrogen (secondary N) is 1. The Hall–Kier alpha value is -0.970. The summed E-state index contributed by atoms with van der Waals surface area (Å²) in [6.45, 7) is 2.05. The van der Waals surface area contributed by atoms with Crippen molar-refractivity contribution in [3.8, 4) is 0 Å². The first-order valence-electron chi connectivity index (χ1n) is 6.65. The van der Waals surface area contributed by atoms with Gasteiger partial charge in [0.15, 0.2) is 0 Å². The van der Waals surface area contributed by atoms with Crippen molar-refractivity contribution < 1.29 is 4.79 Å². The van der Waals surface area contributed by atoms with E-state index in [1.165, 1.54) is 0 Å². The Morgan fingerprint density at radius 2 is 1.95 bits per heavy atom. The molecule has 1 heterocycles. The van der Waals surface area contributed by atoms with Crippen molar-refractivity contribution in [1.29, 1.82) is 0 Å². The van der Waals surface area contributed by atoms with Gasteiger partial charge >= 0.3 is 6.03 Å². The number of nitrogens with zero attached hydrogens (tertiary/aromatic N) is 2. The van der Waals surface area contributed by atoms with Crippen LogP contribution in [0.15, 0.2) is 18.2 Å². The number of amides is 2. The molecule has 20 heavy (non-hydrogen) atoms. The predicted molar refractivity (Wildman–Crippen MR) is 83.8 cm³/mol. The number of rotatable bonds is 2. The number of carbonyl (C=O) groups is 1. The molecule has 1 aromatic carbocycles. The van der Waals surface area contributed by atoms with Crippen LogP contribution in [0.4, 0.5) is 10.5 Å². The zero-order valence-electron chi connectivity index (χ0n) is 11.7. The molecule has 2 amide bonds. The molecule has 0 bridgehead atoms. The molecule has 1 N–H and O–H groups in total. The summed E-state index contributed by atoms with van der Waals surface area (Å²) in [6.07, 6.45) is 2.00. The summed E-state index contributed by atoms with van der Waals surface area (Å²) in [7, 11) is 3.94. The second-order valence-corrected chi connectivity index (χ2v) is 6.02. The van der Waals surface area contributed by atoms with Crippen LogP contribution in [0.5, 0.6) is 0 Å². The van der Waals surface area contributed by atoms with Crippen molar-refractivity contribution in [2.45, 2.75) is 18.9 Å². The molecule has 0 aliphatic carbocycles. The molecule has 1 aliphatic heterocycles. The SMILES string of the molecule is CN1CCC(N(C)C(=O)Nc2ccc(Cl)c(Cl)c2)CC1. The van der Waals surface area contributed by atoms with Crippen molar-refractivity contribution >= 4 is 34.9 Å². The highest BCUT2D eigenvalue weighted by Gasteiger charge is 2.23. The maximum atomic E-state index is 12.2. The van der Waals surface area contributed by atoms with Crippen LogP contribution in [-0.4, -0.2) is 49.1 Å². The van der Waals surface area contributed by atoms with Gasteiger partial charge in [0.25, 0.3) is 0 Å². The lowest BCUT2D eigenvalue weighted by Gasteiger charge is -2.35. The summed E-state index contributed by atoms with van der Waals surface area (Å²) in [4.78, 5) is 16.3. The van der Waals surface area contributed by atoms with E-state index in [1.807, 2.05) is 7.05 Å². The van der Waals surface area contributed by atoms with E-state index in [1.54, 1.807) is 23.1 Å². The molecule has 0 spiro atoms. The van der Waals surface area contributed by atoms with Gasteiger partial charge in [-0.25, -0.2) is 4.79 Å². The summed E-state index contributed by atoms with van der Waals surface area (Å²) >= 11 is 11.8. The van der Waals surface area contributed by atoms with E-state index >= 15 is 0 Å². The van der Waals surface area contributed by atoms with Crippen molar-refractivity contribution in [2.75, 3.05) is 32.5 Å². The summed E-state index contributed by atoms with van der Waals surface area (Å²) in [5.74, 6) is 0. The number of carbonyl (C=O) groups excluding carboxylic acids is 1. The smallest absolute Gasteiger partial charge is 0.321 e. The van der Waals surface area contributed by atoms with Gasteiger partial charge in [-0.3, -0.25) is 0 Å². The van der Waals surface area contributed by atoms with E-state index in [-0.39, 0.29) is 12.1 Å². The molecule has 0 saturated carbocycles. The van der Waals surface area contributed by atoms with Crippen LogP contribution in [-0.2, 0) is 0 Å². The van der Waals surface area contributed by atoms with Gasteiger partial charge in [-0.1, -0.05) is 23.2 Å². The van der Waals surface area contributed by atoms with E-state index in [9.17, 15) is 4.79 Å². The van der Waals surface area contributed by atoms with Crippen LogP contribution >= 0.6 is 23.2 Å². The number of halogens is 2. The normalized spacial score (nSPS) is 17.0. The average Bonchev–Trinajstić information content (AvgIpc) is 2.43. The van der Waals surface area contributed by atoms with E-state index < -0.39 is 0 Å². The molecule has 0 aromatic heterocycles. The van der Waals surface area contributed by atoms with Gasteiger partial charge in [-0.15, -0.1) is 0 Å². The highest BCUT2D eigenvalue weighted by molar-refractivity contribution is 6.42. The Bertz CT molecular complexity index is 487. The Balaban J connectivity index is 1.95. The van der Waals surface area contributed by atoms with E-state index in [2.05, 4.69) is 17.3 Å². The molecule has 0 radical (unpaired) electrons. The maximum absolute atomic E-state index is 12.2. The summed E-state index contributed by atoms with van der Waals surface area (Å²) < 4.78 is 0. The van der Waals surface area contributed by atoms with Crippen LogP contribution in [0.3, 0.4) is 0 Å². The lowest BCUT2D eigenvalue weighted by molar-refractivity contribution is 0.156. The van der Waals surface area contributed by atoms with Crippen molar-refractivity contribution in [3.05, 3.63) is 28.2 Å². The Labute approximate surface area is 129 Å². The minimum atomic E-state index is -0.113. The second kappa shape index (κ2) is 6.66. The standard InChI is InChI=1S/C14H19Cl2N3O/c1-18-7-5-11(6-8-18)19(2)14(20)17-10-3-4-12(15)13(16)9-10/h3-4,9,11H,5-8H2,1-2H3,(H,17,20). The Morgan fingerprint density at radius 1 is 1.30 bits per heavy atom. The van der Waals surface area contributed by atoms with Gasteiger partial charge in [-0.05, 0) is 51.2 Å². The number of benzene rings is 1. The number of likely N-dealkylation sites (tertiary alicyclic amines) is 1. The van der Waals surface area contributed by atoms with Gasteiger partial charge in [0.2, 0.25) is 0 Å². The number of piperidine rings is 1. The fourth-order valence-corrected chi connectivity index (χ4v) is 2.63. The van der Waals surface area contributed by atoms with Gasteiger partial charge in [0.05, 0.1) is 10.0 Å². The number of hydrogen-bond donors (Lipinski definition) is 1. The zero-order chi connectivity index (χ0) is 14.7. The molecule has 0 unspecified atom stereocenters. The fraction of sp³-hybridized carbons (Fsp3) is 0.500. The number of hydrogen-bond acceptors (Lipinski definition) is 2. The highest BCUT2D eigenvalue weighted by atomic mass is 35.5. The molecule has 110 valence electrons. The topological polar surface area (TPSA) is 35.6 Å². The highest BCUT2D eigenvalue weighted by Crippen LogP contribution is 2.25. The summed E-state index contributed by atoms with van der Waals surface area (Å²) in [6, 6.07) is 5.25. The third kappa shape index (κ3) is 3.78. The van der Waals surface area contributed by atoms with Crippen LogP contribution in [0, 0.1) is 0 Å². The largest absolute Gasteiger partial charge is 0.325 e. The molecule has 0 atom stereocenters. The molecular formula is C14H19Cl2N3O. The van der Waals surface area contributed by atoms with Gasteiger partial charge in [-0.2, -0.15) is 0 Å². The molecule has 1 saturated heterocycles. The molecule has 1 fully saturated rings. The van der Waals surface area contributed by atoms with E-state index in [0.29, 0.717) is 15.7 Å². The van der Waals surface area contributed by atoms with Gasteiger partial charge < -0.3 is 15.1 Å².